The first-order valence-electron chi connectivity index (χ1n) is 7.22. The second-order valence-electron chi connectivity index (χ2n) is 5.37. The Kier molecular flexibility index (Phi) is 5.95. The molecule has 0 aromatic heterocycles. The zero-order valence-electron chi connectivity index (χ0n) is 13.6. The number of hydrogen-bond acceptors (Lipinski definition) is 4. The van der Waals surface area contributed by atoms with Gasteiger partial charge in [-0.3, -0.25) is 14.5 Å². The number of nitrogens with two attached hydrogens (primary N) is 1. The van der Waals surface area contributed by atoms with Crippen LogP contribution in [0.2, 0.25) is 10.0 Å². The predicted molar refractivity (Wildman–Crippen MR) is 99.2 cm³/mol. The third-order valence-electron chi connectivity index (χ3n) is 3.75. The number of anilines is 1. The van der Waals surface area contributed by atoms with Crippen molar-refractivity contribution in [2.24, 2.45) is 5.84 Å². The van der Waals surface area contributed by atoms with Crippen LogP contribution in [0, 0.1) is 13.8 Å². The van der Waals surface area contributed by atoms with Crippen molar-refractivity contribution in [1.82, 2.24) is 5.43 Å². The quantitative estimate of drug-likeness (QED) is 0.457. The Morgan fingerprint density at radius 1 is 1.20 bits per heavy atom. The normalized spacial score (nSPS) is 11.2. The van der Waals surface area contributed by atoms with Gasteiger partial charge in [0, 0.05) is 5.02 Å². The van der Waals surface area contributed by atoms with Crippen LogP contribution in [0.1, 0.15) is 11.1 Å². The number of hydrogen-bond donors (Lipinski definition) is 2. The van der Waals surface area contributed by atoms with Gasteiger partial charge in [-0.1, -0.05) is 35.3 Å². The third-order valence-corrected chi connectivity index (χ3v) is 6.23. The topological polar surface area (TPSA) is 92.5 Å². The lowest BCUT2D eigenvalue weighted by Gasteiger charge is -2.26. The van der Waals surface area contributed by atoms with E-state index in [2.05, 4.69) is 0 Å². The van der Waals surface area contributed by atoms with Crippen molar-refractivity contribution in [1.29, 1.82) is 0 Å². The summed E-state index contributed by atoms with van der Waals surface area (Å²) in [5.41, 5.74) is 3.90. The lowest BCUT2D eigenvalue weighted by atomic mass is 10.1. The highest BCUT2D eigenvalue weighted by molar-refractivity contribution is 7.93. The van der Waals surface area contributed by atoms with Gasteiger partial charge in [-0.2, -0.15) is 0 Å². The van der Waals surface area contributed by atoms with E-state index in [1.54, 1.807) is 19.1 Å². The van der Waals surface area contributed by atoms with Gasteiger partial charge in [-0.05, 0) is 49.2 Å². The molecular weight excluding hydrogens is 385 g/mol. The Labute approximate surface area is 156 Å². The fraction of sp³-hybridized carbons (Fsp3) is 0.188. The number of amides is 1. The highest BCUT2D eigenvalue weighted by Crippen LogP contribution is 2.32. The molecule has 0 aliphatic heterocycles. The van der Waals surface area contributed by atoms with Gasteiger partial charge in [-0.15, -0.1) is 0 Å². The Morgan fingerprint density at radius 3 is 2.52 bits per heavy atom. The molecule has 1 amide bonds. The van der Waals surface area contributed by atoms with Crippen molar-refractivity contribution in [2.75, 3.05) is 10.8 Å². The molecular formula is C16H17Cl2N3O3S. The summed E-state index contributed by atoms with van der Waals surface area (Å²) in [6.07, 6.45) is 0. The first-order chi connectivity index (χ1) is 11.7. The fourth-order valence-electron chi connectivity index (χ4n) is 2.28. The Morgan fingerprint density at radius 2 is 1.88 bits per heavy atom. The first-order valence-corrected chi connectivity index (χ1v) is 9.41. The number of hydrazine groups is 1. The average Bonchev–Trinajstić information content (AvgIpc) is 2.57. The molecule has 9 heteroatoms. The molecule has 0 fully saturated rings. The van der Waals surface area contributed by atoms with Crippen molar-refractivity contribution in [3.05, 3.63) is 57.6 Å². The van der Waals surface area contributed by atoms with E-state index in [1.807, 2.05) is 18.4 Å². The molecule has 0 aliphatic rings. The number of carbonyl (C=O) groups excluding carboxylic acids is 1. The van der Waals surface area contributed by atoms with E-state index in [4.69, 9.17) is 29.0 Å². The van der Waals surface area contributed by atoms with Gasteiger partial charge in [0.25, 0.3) is 15.9 Å². The number of aryl methyl sites for hydroxylation is 1. The molecule has 0 heterocycles. The van der Waals surface area contributed by atoms with Gasteiger partial charge in [-0.25, -0.2) is 14.3 Å². The summed E-state index contributed by atoms with van der Waals surface area (Å²) < 4.78 is 27.3. The van der Waals surface area contributed by atoms with Gasteiger partial charge < -0.3 is 0 Å². The molecule has 134 valence electrons. The van der Waals surface area contributed by atoms with Crippen LogP contribution in [-0.2, 0) is 14.8 Å². The second-order valence-corrected chi connectivity index (χ2v) is 8.05. The molecule has 6 nitrogen and oxygen atoms in total. The number of nitrogens with one attached hydrogen (secondary N) is 1. The van der Waals surface area contributed by atoms with E-state index in [0.717, 1.165) is 9.87 Å². The molecule has 2 rings (SSSR count). The monoisotopic (exact) mass is 401 g/mol. The Hall–Kier alpha value is -1.80. The molecule has 25 heavy (non-hydrogen) atoms. The molecule has 0 saturated heterocycles. The van der Waals surface area contributed by atoms with Crippen LogP contribution >= 0.6 is 23.2 Å². The van der Waals surface area contributed by atoms with E-state index in [1.165, 1.54) is 18.2 Å². The lowest BCUT2D eigenvalue weighted by Crippen LogP contribution is -2.43. The predicted octanol–water partition coefficient (Wildman–Crippen LogP) is 2.80. The van der Waals surface area contributed by atoms with Crippen LogP contribution in [0.15, 0.2) is 41.3 Å². The fourth-order valence-corrected chi connectivity index (χ4v) is 4.49. The molecule has 0 atom stereocenters. The highest BCUT2D eigenvalue weighted by atomic mass is 35.5. The van der Waals surface area contributed by atoms with E-state index in [-0.39, 0.29) is 14.9 Å². The second kappa shape index (κ2) is 7.61. The van der Waals surface area contributed by atoms with Crippen molar-refractivity contribution in [3.8, 4) is 0 Å². The Bertz CT molecular complexity index is 917. The summed E-state index contributed by atoms with van der Waals surface area (Å²) in [6.45, 7) is 3.12. The van der Waals surface area contributed by atoms with Crippen LogP contribution < -0.4 is 15.6 Å². The summed E-state index contributed by atoms with van der Waals surface area (Å²) in [5, 5.41) is 0.222. The smallest absolute Gasteiger partial charge is 0.266 e. The zero-order valence-corrected chi connectivity index (χ0v) is 15.9. The van der Waals surface area contributed by atoms with Crippen molar-refractivity contribution in [2.45, 2.75) is 18.7 Å². The van der Waals surface area contributed by atoms with Crippen LogP contribution in [0.25, 0.3) is 0 Å². The lowest BCUT2D eigenvalue weighted by molar-refractivity contribution is -0.119. The van der Waals surface area contributed by atoms with Gasteiger partial charge >= 0.3 is 0 Å². The van der Waals surface area contributed by atoms with Crippen molar-refractivity contribution >= 4 is 44.8 Å². The molecule has 0 unspecified atom stereocenters. The maximum absolute atomic E-state index is 13.2. The van der Waals surface area contributed by atoms with E-state index in [9.17, 15) is 13.2 Å². The molecule has 0 aliphatic carbocycles. The molecule has 2 aromatic rings. The summed E-state index contributed by atoms with van der Waals surface area (Å²) in [4.78, 5) is 11.6. The molecule has 0 spiro atoms. The maximum atomic E-state index is 13.2. The number of benzene rings is 2. The van der Waals surface area contributed by atoms with E-state index >= 15 is 0 Å². The summed E-state index contributed by atoms with van der Waals surface area (Å²) >= 11 is 12.0. The minimum Gasteiger partial charge on any atom is -0.293 e. The van der Waals surface area contributed by atoms with Crippen molar-refractivity contribution < 1.29 is 13.2 Å². The number of nitrogens with zero attached hydrogens (tertiary/aromatic N) is 1. The first kappa shape index (κ1) is 19.5. The van der Waals surface area contributed by atoms with Crippen LogP contribution in [0.3, 0.4) is 0 Å². The molecule has 2 aromatic carbocycles. The van der Waals surface area contributed by atoms with E-state index in [0.29, 0.717) is 11.3 Å². The maximum Gasteiger partial charge on any atom is 0.266 e. The average molecular weight is 402 g/mol. The van der Waals surface area contributed by atoms with Gasteiger partial charge in [0.15, 0.2) is 0 Å². The highest BCUT2D eigenvalue weighted by Gasteiger charge is 2.30. The van der Waals surface area contributed by atoms with Gasteiger partial charge in [0.05, 0.1) is 10.7 Å². The third kappa shape index (κ3) is 4.07. The molecule has 0 bridgehead atoms. The number of carbonyl (C=O) groups is 1. The Balaban J connectivity index is 2.68. The van der Waals surface area contributed by atoms with Crippen LogP contribution in [0.4, 0.5) is 5.69 Å². The van der Waals surface area contributed by atoms with Crippen LogP contribution in [0.5, 0.6) is 0 Å². The van der Waals surface area contributed by atoms with Crippen molar-refractivity contribution in [3.63, 3.8) is 0 Å². The molecule has 0 saturated carbocycles. The molecule has 3 N–H and O–H groups in total. The standard InChI is InChI=1S/C16H17Cl2N3O3S/c1-10-4-3-5-14(11(10)2)21(9-16(22)20-19)25(23,24)15-8-12(17)6-7-13(15)18/h3-8H,9,19H2,1-2H3,(H,20,22). The number of sulfonamides is 1. The summed E-state index contributed by atoms with van der Waals surface area (Å²) in [5.74, 6) is 4.47. The van der Waals surface area contributed by atoms with Crippen LogP contribution in [-0.4, -0.2) is 20.9 Å². The van der Waals surface area contributed by atoms with Gasteiger partial charge in [0.1, 0.15) is 11.4 Å². The zero-order chi connectivity index (χ0) is 18.8. The summed E-state index contributed by atoms with van der Waals surface area (Å²) in [7, 11) is -4.15. The van der Waals surface area contributed by atoms with Gasteiger partial charge in [0.2, 0.25) is 0 Å². The molecule has 0 radical (unpaired) electrons. The van der Waals surface area contributed by atoms with E-state index < -0.39 is 22.5 Å². The largest absolute Gasteiger partial charge is 0.293 e. The number of halogens is 2. The number of rotatable bonds is 5. The minimum absolute atomic E-state index is 0.00728. The SMILES string of the molecule is Cc1cccc(N(CC(=O)NN)S(=O)(=O)c2cc(Cl)ccc2Cl)c1C. The minimum atomic E-state index is -4.15. The summed E-state index contributed by atoms with van der Waals surface area (Å²) in [6, 6.07) is 9.29.